The largest absolute Gasteiger partial charge is 0.460 e. The van der Waals surface area contributed by atoms with Crippen LogP contribution in [0.3, 0.4) is 0 Å². The average molecular weight is 325 g/mol. The molecule has 0 unspecified atom stereocenters. The van der Waals surface area contributed by atoms with Crippen molar-refractivity contribution in [2.45, 2.75) is 37.7 Å². The minimum absolute atomic E-state index is 0.0455. The Morgan fingerprint density at radius 1 is 1.45 bits per heavy atom. The molecule has 1 aromatic rings. The maximum Gasteiger partial charge on any atom is 0.374 e. The zero-order chi connectivity index (χ0) is 15.6. The van der Waals surface area contributed by atoms with Crippen molar-refractivity contribution in [3.63, 3.8) is 0 Å². The summed E-state index contributed by atoms with van der Waals surface area (Å²) in [5.41, 5.74) is -0.413. The monoisotopic (exact) mass is 324 g/mol. The Kier molecular flexibility index (Phi) is 5.23. The van der Waals surface area contributed by atoms with E-state index in [1.54, 1.807) is 7.11 Å². The highest BCUT2D eigenvalue weighted by Crippen LogP contribution is 2.24. The molecular formula is C12H17ClO6S. The molecule has 114 valence electrons. The quantitative estimate of drug-likeness (QED) is 0.590. The number of ether oxygens (including phenoxy) is 2. The molecule has 20 heavy (non-hydrogen) atoms. The summed E-state index contributed by atoms with van der Waals surface area (Å²) in [5, 5.41) is 0. The van der Waals surface area contributed by atoms with Crippen molar-refractivity contribution in [3.05, 3.63) is 17.6 Å². The maximum atomic E-state index is 11.7. The van der Waals surface area contributed by atoms with E-state index >= 15 is 0 Å². The van der Waals surface area contributed by atoms with Gasteiger partial charge in [0.25, 0.3) is 9.05 Å². The second-order valence-electron chi connectivity index (χ2n) is 4.82. The van der Waals surface area contributed by atoms with E-state index in [-0.39, 0.29) is 23.0 Å². The molecular weight excluding hydrogens is 308 g/mol. The Balaban J connectivity index is 2.71. The molecule has 0 saturated heterocycles. The SMILES string of the molecule is COC(C)(C)CCOC(=O)c1cc(S(=O)(=O)Cl)c(C)o1. The second-order valence-corrected chi connectivity index (χ2v) is 7.35. The van der Waals surface area contributed by atoms with Gasteiger partial charge in [0.1, 0.15) is 10.7 Å². The molecule has 0 atom stereocenters. The molecule has 0 spiro atoms. The fraction of sp³-hybridized carbons (Fsp3) is 0.583. The lowest BCUT2D eigenvalue weighted by molar-refractivity contribution is -0.00655. The summed E-state index contributed by atoms with van der Waals surface area (Å²) in [4.78, 5) is 11.5. The van der Waals surface area contributed by atoms with Gasteiger partial charge in [0.15, 0.2) is 0 Å². The standard InChI is InChI=1S/C12H17ClO6S/c1-8-10(20(13,15)16)7-9(19-8)11(14)18-6-5-12(2,3)17-4/h7H,5-6H2,1-4H3. The first-order chi connectivity index (χ1) is 9.07. The summed E-state index contributed by atoms with van der Waals surface area (Å²) in [6, 6.07) is 1.06. The van der Waals surface area contributed by atoms with Gasteiger partial charge in [-0.05, 0) is 20.8 Å². The molecule has 0 saturated carbocycles. The number of halogens is 1. The van der Waals surface area contributed by atoms with Crippen molar-refractivity contribution in [1.82, 2.24) is 0 Å². The van der Waals surface area contributed by atoms with Crippen LogP contribution in [0.1, 0.15) is 36.6 Å². The number of rotatable bonds is 6. The fourth-order valence-electron chi connectivity index (χ4n) is 1.37. The second kappa shape index (κ2) is 6.15. The van der Waals surface area contributed by atoms with Gasteiger partial charge in [0.2, 0.25) is 5.76 Å². The molecule has 0 aliphatic carbocycles. The van der Waals surface area contributed by atoms with Crippen LogP contribution >= 0.6 is 10.7 Å². The van der Waals surface area contributed by atoms with E-state index in [0.29, 0.717) is 6.42 Å². The third-order valence-corrected chi connectivity index (χ3v) is 4.26. The van der Waals surface area contributed by atoms with Gasteiger partial charge in [-0.3, -0.25) is 0 Å². The molecule has 6 nitrogen and oxygen atoms in total. The van der Waals surface area contributed by atoms with Crippen molar-refractivity contribution in [1.29, 1.82) is 0 Å². The molecule has 0 aliphatic rings. The Bertz CT molecular complexity index is 587. The number of hydrogen-bond donors (Lipinski definition) is 0. The Hall–Kier alpha value is -1.05. The molecule has 1 rings (SSSR count). The molecule has 1 aromatic heterocycles. The zero-order valence-corrected chi connectivity index (χ0v) is 13.3. The number of esters is 1. The van der Waals surface area contributed by atoms with E-state index in [4.69, 9.17) is 24.6 Å². The van der Waals surface area contributed by atoms with Gasteiger partial charge in [-0.2, -0.15) is 0 Å². The molecule has 0 amide bonds. The third-order valence-electron chi connectivity index (χ3n) is 2.83. The summed E-state index contributed by atoms with van der Waals surface area (Å²) in [5.74, 6) is -0.896. The predicted molar refractivity (Wildman–Crippen MR) is 72.5 cm³/mol. The first-order valence-electron chi connectivity index (χ1n) is 5.84. The predicted octanol–water partition coefficient (Wildman–Crippen LogP) is 2.49. The summed E-state index contributed by atoms with van der Waals surface area (Å²) in [7, 11) is 2.83. The van der Waals surface area contributed by atoms with Crippen LogP contribution in [0.2, 0.25) is 0 Å². The normalized spacial score (nSPS) is 12.4. The van der Waals surface area contributed by atoms with E-state index in [0.717, 1.165) is 6.07 Å². The van der Waals surface area contributed by atoms with Crippen LogP contribution in [0.4, 0.5) is 0 Å². The van der Waals surface area contributed by atoms with Crippen LogP contribution in [-0.2, 0) is 18.5 Å². The smallest absolute Gasteiger partial charge is 0.374 e. The highest BCUT2D eigenvalue weighted by molar-refractivity contribution is 8.13. The first kappa shape index (κ1) is 17.0. The zero-order valence-electron chi connectivity index (χ0n) is 11.7. The van der Waals surface area contributed by atoms with Crippen molar-refractivity contribution in [3.8, 4) is 0 Å². The number of furan rings is 1. The molecule has 0 aliphatic heterocycles. The van der Waals surface area contributed by atoms with Crippen LogP contribution < -0.4 is 0 Å². The molecule has 0 bridgehead atoms. The topological polar surface area (TPSA) is 82.8 Å². The maximum absolute atomic E-state index is 11.7. The van der Waals surface area contributed by atoms with Gasteiger partial charge in [0, 0.05) is 30.3 Å². The van der Waals surface area contributed by atoms with Gasteiger partial charge in [-0.1, -0.05) is 0 Å². The number of aryl methyl sites for hydroxylation is 1. The minimum Gasteiger partial charge on any atom is -0.460 e. The van der Waals surface area contributed by atoms with E-state index in [1.165, 1.54) is 6.92 Å². The van der Waals surface area contributed by atoms with E-state index in [1.807, 2.05) is 13.8 Å². The Labute approximate surface area is 122 Å². The first-order valence-corrected chi connectivity index (χ1v) is 8.15. The lowest BCUT2D eigenvalue weighted by Gasteiger charge is -2.22. The minimum atomic E-state index is -3.94. The van der Waals surface area contributed by atoms with Gasteiger partial charge in [-0.25, -0.2) is 13.2 Å². The number of carbonyl (C=O) groups excluding carboxylic acids is 1. The van der Waals surface area contributed by atoms with Crippen LogP contribution in [0.15, 0.2) is 15.4 Å². The van der Waals surface area contributed by atoms with Crippen molar-refractivity contribution in [2.24, 2.45) is 0 Å². The highest BCUT2D eigenvalue weighted by Gasteiger charge is 2.24. The van der Waals surface area contributed by atoms with Gasteiger partial charge >= 0.3 is 5.97 Å². The average Bonchev–Trinajstić information content (AvgIpc) is 2.71. The lowest BCUT2D eigenvalue weighted by Crippen LogP contribution is -2.25. The van der Waals surface area contributed by atoms with E-state index in [9.17, 15) is 13.2 Å². The number of hydrogen-bond acceptors (Lipinski definition) is 6. The van der Waals surface area contributed by atoms with Gasteiger partial charge < -0.3 is 13.9 Å². The molecule has 0 fully saturated rings. The van der Waals surface area contributed by atoms with Crippen LogP contribution in [0, 0.1) is 6.92 Å². The van der Waals surface area contributed by atoms with Gasteiger partial charge in [0.05, 0.1) is 12.2 Å². The molecule has 0 N–H and O–H groups in total. The summed E-state index contributed by atoms with van der Waals surface area (Å²) in [6.07, 6.45) is 0.496. The van der Waals surface area contributed by atoms with E-state index in [2.05, 4.69) is 0 Å². The van der Waals surface area contributed by atoms with Crippen LogP contribution in [-0.4, -0.2) is 33.7 Å². The molecule has 8 heteroatoms. The molecule has 0 radical (unpaired) electrons. The third kappa shape index (κ3) is 4.50. The molecule has 1 heterocycles. The summed E-state index contributed by atoms with van der Waals surface area (Å²) < 4.78 is 37.6. The van der Waals surface area contributed by atoms with Crippen LogP contribution in [0.25, 0.3) is 0 Å². The number of methoxy groups -OCH3 is 1. The van der Waals surface area contributed by atoms with Crippen molar-refractivity contribution >= 4 is 25.7 Å². The molecule has 0 aromatic carbocycles. The summed E-state index contributed by atoms with van der Waals surface area (Å²) >= 11 is 0. The van der Waals surface area contributed by atoms with Crippen LogP contribution in [0.5, 0.6) is 0 Å². The highest BCUT2D eigenvalue weighted by atomic mass is 35.7. The van der Waals surface area contributed by atoms with Crippen molar-refractivity contribution < 1.29 is 27.1 Å². The Morgan fingerprint density at radius 2 is 2.05 bits per heavy atom. The van der Waals surface area contributed by atoms with Gasteiger partial charge in [-0.15, -0.1) is 0 Å². The lowest BCUT2D eigenvalue weighted by atomic mass is 10.1. The number of carbonyl (C=O) groups is 1. The Morgan fingerprint density at radius 3 is 2.50 bits per heavy atom. The summed E-state index contributed by atoms with van der Waals surface area (Å²) in [6.45, 7) is 5.24. The van der Waals surface area contributed by atoms with E-state index < -0.39 is 20.6 Å². The fourth-order valence-corrected chi connectivity index (χ4v) is 2.46. The van der Waals surface area contributed by atoms with Crippen molar-refractivity contribution in [2.75, 3.05) is 13.7 Å².